The van der Waals surface area contributed by atoms with Crippen LogP contribution in [0.5, 0.6) is 5.75 Å². The summed E-state index contributed by atoms with van der Waals surface area (Å²) < 4.78 is 24.9. The monoisotopic (exact) mass is 516 g/mol. The van der Waals surface area contributed by atoms with Gasteiger partial charge in [-0.1, -0.05) is 17.7 Å². The maximum Gasteiger partial charge on any atom is 0.533 e. The van der Waals surface area contributed by atoms with Crippen LogP contribution in [0.25, 0.3) is 0 Å². The van der Waals surface area contributed by atoms with E-state index in [1.165, 1.54) is 43.6 Å². The van der Waals surface area contributed by atoms with Crippen LogP contribution >= 0.6 is 11.6 Å². The van der Waals surface area contributed by atoms with Gasteiger partial charge >= 0.3 is 6.16 Å². The van der Waals surface area contributed by atoms with Crippen molar-refractivity contribution < 1.29 is 28.3 Å². The van der Waals surface area contributed by atoms with E-state index in [1.807, 2.05) is 0 Å². The molecule has 3 aromatic rings. The van der Waals surface area contributed by atoms with Gasteiger partial charge in [-0.05, 0) is 24.3 Å². The third kappa shape index (κ3) is 5.49. The van der Waals surface area contributed by atoms with Gasteiger partial charge in [-0.25, -0.2) is 14.2 Å². The molecule has 0 radical (unpaired) electrons. The number of halogens is 2. The molecule has 1 aliphatic rings. The minimum atomic E-state index is -0.839. The molecule has 1 aromatic heterocycles. The SMILES string of the molecule is CNC(=O)c1cccc(F)c1Nc1nc(Nc2ccc3c(c2)OCCCN3OC(=O)OC)ncc1Cl. The number of hydrogen-bond donors (Lipinski definition) is 3. The Morgan fingerprint density at radius 3 is 2.83 bits per heavy atom. The van der Waals surface area contributed by atoms with E-state index in [0.29, 0.717) is 36.7 Å². The molecule has 36 heavy (non-hydrogen) atoms. The van der Waals surface area contributed by atoms with E-state index < -0.39 is 17.9 Å². The first-order chi connectivity index (χ1) is 17.4. The molecule has 0 aliphatic carbocycles. The Labute approximate surface area is 210 Å². The lowest BCUT2D eigenvalue weighted by Gasteiger charge is -2.21. The number of carbonyl (C=O) groups is 2. The zero-order valence-electron chi connectivity index (χ0n) is 19.3. The van der Waals surface area contributed by atoms with Crippen molar-refractivity contribution in [3.63, 3.8) is 0 Å². The zero-order chi connectivity index (χ0) is 25.7. The molecular weight excluding hydrogens is 495 g/mol. The number of ether oxygens (including phenoxy) is 2. The number of methoxy groups -OCH3 is 1. The first-order valence-corrected chi connectivity index (χ1v) is 11.1. The first-order valence-electron chi connectivity index (χ1n) is 10.8. The normalized spacial score (nSPS) is 12.5. The number of hydroxylamine groups is 1. The maximum absolute atomic E-state index is 14.5. The number of fused-ring (bicyclic) bond motifs is 1. The van der Waals surface area contributed by atoms with Crippen LogP contribution in [0, 0.1) is 5.82 Å². The number of nitrogens with one attached hydrogen (secondary N) is 3. The van der Waals surface area contributed by atoms with E-state index in [2.05, 4.69) is 30.7 Å². The van der Waals surface area contributed by atoms with E-state index in [9.17, 15) is 14.0 Å². The minimum absolute atomic E-state index is 0.0764. The van der Waals surface area contributed by atoms with Crippen LogP contribution in [0.4, 0.5) is 38.0 Å². The van der Waals surface area contributed by atoms with Crippen LogP contribution in [0.2, 0.25) is 5.02 Å². The number of carbonyl (C=O) groups excluding carboxylic acids is 2. The molecule has 4 rings (SSSR count). The number of para-hydroxylation sites is 1. The molecule has 0 atom stereocenters. The summed E-state index contributed by atoms with van der Waals surface area (Å²) in [5, 5.41) is 9.80. The second-order valence-corrected chi connectivity index (χ2v) is 7.82. The molecule has 2 heterocycles. The van der Waals surface area contributed by atoms with Gasteiger partial charge in [0, 0.05) is 25.2 Å². The van der Waals surface area contributed by atoms with Gasteiger partial charge in [0.2, 0.25) is 5.95 Å². The van der Waals surface area contributed by atoms with Gasteiger partial charge in [0.25, 0.3) is 5.91 Å². The van der Waals surface area contributed by atoms with Gasteiger partial charge in [0.15, 0.2) is 5.82 Å². The predicted molar refractivity (Wildman–Crippen MR) is 131 cm³/mol. The second kappa shape index (κ2) is 11.0. The third-order valence-corrected chi connectivity index (χ3v) is 5.35. The highest BCUT2D eigenvalue weighted by molar-refractivity contribution is 6.33. The summed E-state index contributed by atoms with van der Waals surface area (Å²) in [6.07, 6.45) is 1.12. The van der Waals surface area contributed by atoms with Gasteiger partial charge in [-0.2, -0.15) is 10.0 Å². The van der Waals surface area contributed by atoms with Gasteiger partial charge < -0.3 is 30.3 Å². The molecule has 188 valence electrons. The summed E-state index contributed by atoms with van der Waals surface area (Å²) in [4.78, 5) is 37.4. The van der Waals surface area contributed by atoms with Crippen molar-refractivity contribution in [2.75, 3.05) is 43.0 Å². The van der Waals surface area contributed by atoms with Crippen molar-refractivity contribution in [1.82, 2.24) is 15.3 Å². The Balaban J connectivity index is 1.58. The number of anilines is 5. The highest BCUT2D eigenvalue weighted by Gasteiger charge is 2.22. The fourth-order valence-corrected chi connectivity index (χ4v) is 3.52. The average molecular weight is 517 g/mol. The number of aromatic nitrogens is 2. The molecular formula is C23H22ClFN6O5. The summed E-state index contributed by atoms with van der Waals surface area (Å²) in [7, 11) is 2.67. The molecule has 13 heteroatoms. The smallest absolute Gasteiger partial charge is 0.491 e. The topological polar surface area (TPSA) is 127 Å². The number of amides is 1. The van der Waals surface area contributed by atoms with E-state index in [0.717, 1.165) is 0 Å². The molecule has 1 aliphatic heterocycles. The molecule has 11 nitrogen and oxygen atoms in total. The van der Waals surface area contributed by atoms with Crippen LogP contribution in [0.15, 0.2) is 42.6 Å². The quantitative estimate of drug-likeness (QED) is 0.405. The average Bonchev–Trinajstić information content (AvgIpc) is 3.08. The van der Waals surface area contributed by atoms with Crippen LogP contribution in [0.3, 0.4) is 0 Å². The van der Waals surface area contributed by atoms with Crippen LogP contribution in [-0.2, 0) is 9.57 Å². The highest BCUT2D eigenvalue weighted by atomic mass is 35.5. The van der Waals surface area contributed by atoms with Crippen LogP contribution in [-0.4, -0.2) is 49.3 Å². The summed E-state index contributed by atoms with van der Waals surface area (Å²) in [5.74, 6) is -0.419. The van der Waals surface area contributed by atoms with Crippen molar-refractivity contribution in [3.05, 3.63) is 59.0 Å². The third-order valence-electron chi connectivity index (χ3n) is 5.07. The van der Waals surface area contributed by atoms with Crippen LogP contribution < -0.4 is 25.8 Å². The number of rotatable bonds is 6. The molecule has 0 bridgehead atoms. The number of nitrogens with zero attached hydrogens (tertiary/aromatic N) is 3. The van der Waals surface area contributed by atoms with Crippen molar-refractivity contribution in [2.45, 2.75) is 6.42 Å². The van der Waals surface area contributed by atoms with E-state index >= 15 is 0 Å². The van der Waals surface area contributed by atoms with Crippen molar-refractivity contribution >= 4 is 52.5 Å². The number of hydrogen-bond acceptors (Lipinski definition) is 10. The largest absolute Gasteiger partial charge is 0.533 e. The summed E-state index contributed by atoms with van der Waals surface area (Å²) in [5.41, 5.74) is 1.12. The molecule has 0 unspecified atom stereocenters. The van der Waals surface area contributed by atoms with Gasteiger partial charge in [0.1, 0.15) is 22.3 Å². The fourth-order valence-electron chi connectivity index (χ4n) is 3.38. The Hall–Kier alpha value is -4.32. The van der Waals surface area contributed by atoms with Gasteiger partial charge in [0.05, 0.1) is 37.7 Å². The first kappa shape index (κ1) is 24.8. The lowest BCUT2D eigenvalue weighted by atomic mass is 10.1. The number of benzene rings is 2. The van der Waals surface area contributed by atoms with Gasteiger partial charge in [-0.3, -0.25) is 4.79 Å². The van der Waals surface area contributed by atoms with Crippen molar-refractivity contribution in [1.29, 1.82) is 0 Å². The summed E-state index contributed by atoms with van der Waals surface area (Å²) in [6.45, 7) is 0.845. The molecule has 2 aromatic carbocycles. The highest BCUT2D eigenvalue weighted by Crippen LogP contribution is 2.35. The molecule has 0 saturated heterocycles. The molecule has 0 spiro atoms. The Morgan fingerprint density at radius 2 is 2.06 bits per heavy atom. The Kier molecular flexibility index (Phi) is 7.54. The second-order valence-electron chi connectivity index (χ2n) is 7.41. The van der Waals surface area contributed by atoms with Crippen molar-refractivity contribution in [2.24, 2.45) is 0 Å². The summed E-state index contributed by atoms with van der Waals surface area (Å²) >= 11 is 6.23. The Bertz CT molecular complexity index is 1290. The van der Waals surface area contributed by atoms with E-state index in [4.69, 9.17) is 21.2 Å². The molecule has 0 saturated carbocycles. The predicted octanol–water partition coefficient (Wildman–Crippen LogP) is 4.40. The van der Waals surface area contributed by atoms with E-state index in [-0.39, 0.29) is 28.0 Å². The zero-order valence-corrected chi connectivity index (χ0v) is 20.1. The molecule has 3 N–H and O–H groups in total. The van der Waals surface area contributed by atoms with Crippen LogP contribution in [0.1, 0.15) is 16.8 Å². The maximum atomic E-state index is 14.5. The van der Waals surface area contributed by atoms with Gasteiger partial charge in [-0.15, -0.1) is 0 Å². The van der Waals surface area contributed by atoms with E-state index in [1.54, 1.807) is 18.2 Å². The lowest BCUT2D eigenvalue weighted by molar-refractivity contribution is 0.0626. The summed E-state index contributed by atoms with van der Waals surface area (Å²) in [6, 6.07) is 9.23. The molecule has 0 fully saturated rings. The standard InChI is InChI=1S/C23H22ClFN6O5/c1-26-21(32)14-5-3-6-16(25)19(14)29-20-15(24)12-27-22(30-20)28-13-7-8-17-18(11-13)35-10-4-9-31(17)36-23(33)34-2/h3,5-8,11-12H,4,9-10H2,1-2H3,(H,26,32)(H2,27,28,29,30). The molecule has 1 amide bonds. The lowest BCUT2D eigenvalue weighted by Crippen LogP contribution is -2.27. The fraction of sp³-hybridized carbons (Fsp3) is 0.217. The minimum Gasteiger partial charge on any atom is -0.491 e. The Morgan fingerprint density at radius 1 is 1.22 bits per heavy atom. The van der Waals surface area contributed by atoms with Crippen molar-refractivity contribution in [3.8, 4) is 5.75 Å².